The van der Waals surface area contributed by atoms with Crippen LogP contribution in [0.1, 0.15) is 0 Å². The number of ether oxygens (including phenoxy) is 2. The molecular weight excluding hydrogens is 310 g/mol. The average Bonchev–Trinajstić information content (AvgIpc) is 2.94. The standard InChI is InChI=1S/C14H18ClN3O2S/c1-19-11-3-2-10(15)13-12(11)17-14(21-13)16-4-5-18-6-8-20-9-7-18/h2-3H,4-9H2,1H3,(H,16,17). The van der Waals surface area contributed by atoms with Crippen molar-refractivity contribution in [1.29, 1.82) is 0 Å². The Labute approximate surface area is 132 Å². The molecule has 1 aliphatic rings. The average molecular weight is 328 g/mol. The van der Waals surface area contributed by atoms with E-state index < -0.39 is 0 Å². The highest BCUT2D eigenvalue weighted by atomic mass is 35.5. The molecule has 0 radical (unpaired) electrons. The van der Waals surface area contributed by atoms with Gasteiger partial charge in [0.25, 0.3) is 0 Å². The van der Waals surface area contributed by atoms with Gasteiger partial charge in [-0.15, -0.1) is 0 Å². The van der Waals surface area contributed by atoms with Gasteiger partial charge in [-0.1, -0.05) is 22.9 Å². The zero-order valence-electron chi connectivity index (χ0n) is 11.9. The van der Waals surface area contributed by atoms with E-state index in [9.17, 15) is 0 Å². The number of nitrogens with one attached hydrogen (secondary N) is 1. The summed E-state index contributed by atoms with van der Waals surface area (Å²) in [5.74, 6) is 0.756. The molecule has 1 fully saturated rings. The van der Waals surface area contributed by atoms with E-state index in [2.05, 4.69) is 15.2 Å². The Morgan fingerprint density at radius 2 is 2.24 bits per heavy atom. The lowest BCUT2D eigenvalue weighted by Crippen LogP contribution is -2.38. The van der Waals surface area contributed by atoms with Crippen LogP contribution in [-0.2, 0) is 4.74 Å². The number of benzene rings is 1. The Kier molecular flexibility index (Phi) is 4.80. The Morgan fingerprint density at radius 1 is 1.43 bits per heavy atom. The van der Waals surface area contributed by atoms with Crippen molar-refractivity contribution in [1.82, 2.24) is 9.88 Å². The fourth-order valence-electron chi connectivity index (χ4n) is 2.34. The fourth-order valence-corrected chi connectivity index (χ4v) is 3.52. The molecule has 0 bridgehead atoms. The molecule has 0 spiro atoms. The number of nitrogens with zero attached hydrogens (tertiary/aromatic N) is 2. The van der Waals surface area contributed by atoms with Gasteiger partial charge >= 0.3 is 0 Å². The Morgan fingerprint density at radius 3 is 3.00 bits per heavy atom. The molecule has 0 unspecified atom stereocenters. The van der Waals surface area contributed by atoms with Gasteiger partial charge in [0.1, 0.15) is 11.3 Å². The number of morpholine rings is 1. The maximum absolute atomic E-state index is 6.22. The zero-order valence-corrected chi connectivity index (χ0v) is 13.5. The molecule has 1 aliphatic heterocycles. The van der Waals surface area contributed by atoms with Crippen molar-refractivity contribution in [3.05, 3.63) is 17.2 Å². The van der Waals surface area contributed by atoms with E-state index in [1.54, 1.807) is 18.4 Å². The van der Waals surface area contributed by atoms with Crippen LogP contribution in [0.3, 0.4) is 0 Å². The molecule has 21 heavy (non-hydrogen) atoms. The second-order valence-corrected chi connectivity index (χ2v) is 6.23. The highest BCUT2D eigenvalue weighted by molar-refractivity contribution is 7.22. The molecule has 3 rings (SSSR count). The Hall–Kier alpha value is -1.08. The number of aromatic nitrogens is 1. The summed E-state index contributed by atoms with van der Waals surface area (Å²) in [7, 11) is 1.65. The first-order valence-electron chi connectivity index (χ1n) is 6.95. The molecule has 2 aromatic rings. The number of thiazole rings is 1. The van der Waals surface area contributed by atoms with E-state index in [-0.39, 0.29) is 0 Å². The molecule has 1 N–H and O–H groups in total. The highest BCUT2D eigenvalue weighted by Crippen LogP contribution is 2.37. The normalized spacial score (nSPS) is 16.3. The van der Waals surface area contributed by atoms with Crippen molar-refractivity contribution in [2.75, 3.05) is 51.8 Å². The molecular formula is C14H18ClN3O2S. The van der Waals surface area contributed by atoms with Crippen LogP contribution in [0.2, 0.25) is 5.02 Å². The summed E-state index contributed by atoms with van der Waals surface area (Å²) in [5, 5.41) is 4.96. The predicted molar refractivity (Wildman–Crippen MR) is 86.9 cm³/mol. The number of halogens is 1. The van der Waals surface area contributed by atoms with Gasteiger partial charge in [0.05, 0.1) is 30.0 Å². The second-order valence-electron chi connectivity index (χ2n) is 4.83. The third-order valence-electron chi connectivity index (χ3n) is 3.49. The largest absolute Gasteiger partial charge is 0.494 e. The highest BCUT2D eigenvalue weighted by Gasteiger charge is 2.13. The maximum atomic E-state index is 6.22. The van der Waals surface area contributed by atoms with Gasteiger partial charge in [-0.2, -0.15) is 0 Å². The van der Waals surface area contributed by atoms with Gasteiger partial charge in [-0.3, -0.25) is 4.90 Å². The van der Waals surface area contributed by atoms with Crippen molar-refractivity contribution >= 4 is 38.3 Å². The van der Waals surface area contributed by atoms with E-state index in [1.807, 2.05) is 12.1 Å². The molecule has 0 saturated carbocycles. The smallest absolute Gasteiger partial charge is 0.184 e. The quantitative estimate of drug-likeness (QED) is 0.915. The van der Waals surface area contributed by atoms with E-state index in [4.69, 9.17) is 21.1 Å². The topological polar surface area (TPSA) is 46.6 Å². The lowest BCUT2D eigenvalue weighted by molar-refractivity contribution is 0.0398. The van der Waals surface area contributed by atoms with Crippen molar-refractivity contribution in [3.8, 4) is 5.75 Å². The molecule has 5 nitrogen and oxygen atoms in total. The van der Waals surface area contributed by atoms with E-state index >= 15 is 0 Å². The summed E-state index contributed by atoms with van der Waals surface area (Å²) in [6.45, 7) is 5.51. The fraction of sp³-hybridized carbons (Fsp3) is 0.500. The van der Waals surface area contributed by atoms with Crippen LogP contribution in [0.15, 0.2) is 12.1 Å². The van der Waals surface area contributed by atoms with Gasteiger partial charge < -0.3 is 14.8 Å². The first-order chi connectivity index (χ1) is 10.3. The van der Waals surface area contributed by atoms with Crippen LogP contribution in [0.4, 0.5) is 5.13 Å². The predicted octanol–water partition coefficient (Wildman–Crippen LogP) is 2.70. The minimum Gasteiger partial charge on any atom is -0.494 e. The molecule has 2 heterocycles. The number of methoxy groups -OCH3 is 1. The second kappa shape index (κ2) is 6.79. The molecule has 0 atom stereocenters. The van der Waals surface area contributed by atoms with Crippen LogP contribution in [-0.4, -0.2) is 56.4 Å². The molecule has 0 amide bonds. The summed E-state index contributed by atoms with van der Waals surface area (Å²) in [5.41, 5.74) is 0.823. The zero-order chi connectivity index (χ0) is 14.7. The number of anilines is 1. The van der Waals surface area contributed by atoms with E-state index in [0.717, 1.165) is 60.5 Å². The summed E-state index contributed by atoms with van der Waals surface area (Å²) in [6.07, 6.45) is 0. The van der Waals surface area contributed by atoms with Crippen LogP contribution in [0, 0.1) is 0 Å². The first kappa shape index (κ1) is 14.8. The van der Waals surface area contributed by atoms with Gasteiger partial charge in [0.2, 0.25) is 0 Å². The van der Waals surface area contributed by atoms with Gasteiger partial charge in [0.15, 0.2) is 5.13 Å². The maximum Gasteiger partial charge on any atom is 0.184 e. The van der Waals surface area contributed by atoms with E-state index in [0.29, 0.717) is 5.02 Å². The molecule has 7 heteroatoms. The van der Waals surface area contributed by atoms with Crippen LogP contribution in [0.25, 0.3) is 10.2 Å². The number of fused-ring (bicyclic) bond motifs is 1. The SMILES string of the molecule is COc1ccc(Cl)c2sc(NCCN3CCOCC3)nc12. The van der Waals surface area contributed by atoms with Crippen LogP contribution in [0.5, 0.6) is 5.75 Å². The van der Waals surface area contributed by atoms with Gasteiger partial charge in [0, 0.05) is 26.2 Å². The van der Waals surface area contributed by atoms with Crippen molar-refractivity contribution in [2.24, 2.45) is 0 Å². The molecule has 0 aliphatic carbocycles. The first-order valence-corrected chi connectivity index (χ1v) is 8.14. The van der Waals surface area contributed by atoms with Crippen LogP contribution < -0.4 is 10.1 Å². The van der Waals surface area contributed by atoms with Crippen LogP contribution >= 0.6 is 22.9 Å². The summed E-state index contributed by atoms with van der Waals surface area (Å²) in [6, 6.07) is 3.69. The minimum absolute atomic E-state index is 0.713. The van der Waals surface area contributed by atoms with E-state index in [1.165, 1.54) is 0 Å². The minimum atomic E-state index is 0.713. The third kappa shape index (κ3) is 3.40. The molecule has 1 saturated heterocycles. The lowest BCUT2D eigenvalue weighted by Gasteiger charge is -2.26. The van der Waals surface area contributed by atoms with Gasteiger partial charge in [-0.25, -0.2) is 4.98 Å². The lowest BCUT2D eigenvalue weighted by atomic mass is 10.3. The molecule has 1 aromatic heterocycles. The summed E-state index contributed by atoms with van der Waals surface area (Å²) in [4.78, 5) is 6.97. The van der Waals surface area contributed by atoms with Gasteiger partial charge in [-0.05, 0) is 12.1 Å². The number of hydrogen-bond acceptors (Lipinski definition) is 6. The Balaban J connectivity index is 1.65. The summed E-state index contributed by atoms with van der Waals surface area (Å²) >= 11 is 7.78. The molecule has 114 valence electrons. The number of hydrogen-bond donors (Lipinski definition) is 1. The Bertz CT molecular complexity index is 614. The molecule has 1 aromatic carbocycles. The third-order valence-corrected chi connectivity index (χ3v) is 4.96. The monoisotopic (exact) mass is 327 g/mol. The van der Waals surface area contributed by atoms with Crippen molar-refractivity contribution in [2.45, 2.75) is 0 Å². The van der Waals surface area contributed by atoms with Crippen molar-refractivity contribution in [3.63, 3.8) is 0 Å². The van der Waals surface area contributed by atoms with Crippen molar-refractivity contribution < 1.29 is 9.47 Å². The summed E-state index contributed by atoms with van der Waals surface area (Å²) < 4.78 is 11.6. The number of rotatable bonds is 5.